The van der Waals surface area contributed by atoms with Crippen molar-refractivity contribution >= 4 is 5.97 Å². The van der Waals surface area contributed by atoms with Crippen LogP contribution in [0.5, 0.6) is 0 Å². The van der Waals surface area contributed by atoms with Crippen molar-refractivity contribution in [2.75, 3.05) is 6.54 Å². The van der Waals surface area contributed by atoms with Gasteiger partial charge in [0, 0.05) is 6.42 Å². The first-order valence-electron chi connectivity index (χ1n) is 11.4. The van der Waals surface area contributed by atoms with Crippen LogP contribution in [-0.2, 0) is 9.53 Å². The Hall–Kier alpha value is -0.610. The highest BCUT2D eigenvalue weighted by Crippen LogP contribution is 2.14. The van der Waals surface area contributed by atoms with E-state index in [1.165, 1.54) is 89.9 Å². The number of carbonyl (C=O) groups excluding carboxylic acids is 1. The Balaban J connectivity index is 3.14. The van der Waals surface area contributed by atoms with Crippen LogP contribution in [0, 0.1) is 0 Å². The summed E-state index contributed by atoms with van der Waals surface area (Å²) in [5, 5.41) is 0. The summed E-state index contributed by atoms with van der Waals surface area (Å²) in [5.74, 6) is -0.161. The van der Waals surface area contributed by atoms with Gasteiger partial charge in [-0.05, 0) is 32.2 Å². The van der Waals surface area contributed by atoms with E-state index in [2.05, 4.69) is 0 Å². The lowest BCUT2D eigenvalue weighted by Crippen LogP contribution is -2.26. The van der Waals surface area contributed by atoms with Crippen LogP contribution in [0.4, 0.5) is 0 Å². The highest BCUT2D eigenvalue weighted by atomic mass is 16.6. The van der Waals surface area contributed by atoms with Crippen LogP contribution in [0.25, 0.3) is 0 Å². The molecule has 0 rings (SSSR count). The first-order chi connectivity index (χ1) is 12.7. The van der Waals surface area contributed by atoms with Crippen LogP contribution in [0.1, 0.15) is 122 Å². The van der Waals surface area contributed by atoms with Crippen molar-refractivity contribution in [3.05, 3.63) is 0 Å². The second-order valence-electron chi connectivity index (χ2n) is 7.66. The minimum atomic E-state index is -0.408. The van der Waals surface area contributed by atoms with E-state index in [4.69, 9.17) is 16.2 Å². The molecule has 0 aliphatic carbocycles. The molecule has 1 unspecified atom stereocenters. The Kier molecular flexibility index (Phi) is 20.2. The normalized spacial score (nSPS) is 12.3. The second kappa shape index (κ2) is 20.7. The molecule has 0 heterocycles. The van der Waals surface area contributed by atoms with Gasteiger partial charge in [-0.3, -0.25) is 10.5 Å². The van der Waals surface area contributed by atoms with Gasteiger partial charge in [0.2, 0.25) is 0 Å². The Morgan fingerprint density at radius 1 is 0.731 bits per heavy atom. The maximum absolute atomic E-state index is 11.3. The first kappa shape index (κ1) is 25.4. The molecule has 4 N–H and O–H groups in total. The number of nitrogens with two attached hydrogens (primary N) is 2. The Bertz CT molecular complexity index is 298. The van der Waals surface area contributed by atoms with E-state index in [-0.39, 0.29) is 5.97 Å². The maximum atomic E-state index is 11.3. The van der Waals surface area contributed by atoms with E-state index in [0.717, 1.165) is 25.8 Å². The van der Waals surface area contributed by atoms with Crippen molar-refractivity contribution in [3.63, 3.8) is 0 Å². The molecule has 0 aliphatic rings. The summed E-state index contributed by atoms with van der Waals surface area (Å²) in [6.45, 7) is 2.82. The highest BCUT2D eigenvalue weighted by Gasteiger charge is 2.08. The van der Waals surface area contributed by atoms with E-state index in [0.29, 0.717) is 6.42 Å². The highest BCUT2D eigenvalue weighted by molar-refractivity contribution is 5.69. The van der Waals surface area contributed by atoms with Crippen molar-refractivity contribution in [2.24, 2.45) is 11.5 Å². The number of rotatable bonds is 20. The van der Waals surface area contributed by atoms with E-state index >= 15 is 0 Å². The fourth-order valence-electron chi connectivity index (χ4n) is 3.28. The molecule has 4 nitrogen and oxygen atoms in total. The topological polar surface area (TPSA) is 78.3 Å². The fourth-order valence-corrected chi connectivity index (χ4v) is 3.28. The third kappa shape index (κ3) is 19.7. The molecule has 0 aliphatic heterocycles. The van der Waals surface area contributed by atoms with E-state index in [1.807, 2.05) is 6.92 Å². The molecule has 0 aromatic heterocycles. The second-order valence-corrected chi connectivity index (χ2v) is 7.66. The molecule has 0 bridgehead atoms. The summed E-state index contributed by atoms with van der Waals surface area (Å²) in [7, 11) is 0. The Labute approximate surface area is 162 Å². The summed E-state index contributed by atoms with van der Waals surface area (Å²) < 4.78 is 5.15. The molecular formula is C22H46N2O2. The van der Waals surface area contributed by atoms with Gasteiger partial charge in [0.25, 0.3) is 0 Å². The third-order valence-corrected chi connectivity index (χ3v) is 4.93. The van der Waals surface area contributed by atoms with Crippen molar-refractivity contribution in [3.8, 4) is 0 Å². The number of esters is 1. The average Bonchev–Trinajstić information content (AvgIpc) is 2.61. The molecule has 4 heteroatoms. The predicted octanol–water partition coefficient (Wildman–Crippen LogP) is 5.81. The fraction of sp³-hybridized carbons (Fsp3) is 0.955. The van der Waals surface area contributed by atoms with Crippen molar-refractivity contribution in [2.45, 2.75) is 129 Å². The van der Waals surface area contributed by atoms with Crippen molar-refractivity contribution < 1.29 is 9.53 Å². The smallest absolute Gasteiger partial charge is 0.307 e. The third-order valence-electron chi connectivity index (χ3n) is 4.93. The molecule has 1 atom stereocenters. The quantitative estimate of drug-likeness (QED) is 0.161. The molecule has 0 saturated heterocycles. The minimum Gasteiger partial charge on any atom is -0.447 e. The van der Waals surface area contributed by atoms with Crippen LogP contribution in [0.15, 0.2) is 0 Å². The van der Waals surface area contributed by atoms with E-state index in [1.54, 1.807) is 0 Å². The van der Waals surface area contributed by atoms with Gasteiger partial charge < -0.3 is 10.5 Å². The Morgan fingerprint density at radius 2 is 1.12 bits per heavy atom. The number of hydrogen-bond donors (Lipinski definition) is 2. The van der Waals surface area contributed by atoms with Gasteiger partial charge >= 0.3 is 5.97 Å². The van der Waals surface area contributed by atoms with Crippen LogP contribution in [-0.4, -0.2) is 18.7 Å². The molecule has 0 radical (unpaired) electrons. The van der Waals surface area contributed by atoms with Gasteiger partial charge in [-0.2, -0.15) is 0 Å². The molecule has 0 saturated carbocycles. The van der Waals surface area contributed by atoms with Gasteiger partial charge in [-0.1, -0.05) is 90.4 Å². The lowest BCUT2D eigenvalue weighted by atomic mass is 10.0. The van der Waals surface area contributed by atoms with Gasteiger partial charge in [-0.15, -0.1) is 0 Å². The molecule has 0 fully saturated rings. The molecule has 0 aromatic carbocycles. The lowest BCUT2D eigenvalue weighted by molar-refractivity contribution is -0.149. The van der Waals surface area contributed by atoms with Gasteiger partial charge in [0.1, 0.15) is 0 Å². The average molecular weight is 371 g/mol. The zero-order valence-corrected chi connectivity index (χ0v) is 17.5. The first-order valence-corrected chi connectivity index (χ1v) is 11.4. The van der Waals surface area contributed by atoms with E-state index in [9.17, 15) is 4.79 Å². The number of unbranched alkanes of at least 4 members (excludes halogenated alkanes) is 14. The molecule has 0 spiro atoms. The maximum Gasteiger partial charge on any atom is 0.307 e. The standard InChI is InChI=1S/C22H46N2O2/c1-2-18-22(25)26-21(24)19-16-14-12-10-8-6-4-3-5-7-9-11-13-15-17-20-23/h21H,2-20,23-24H2,1H3. The summed E-state index contributed by atoms with van der Waals surface area (Å²) in [6, 6.07) is 0. The summed E-state index contributed by atoms with van der Waals surface area (Å²) in [4.78, 5) is 11.3. The monoisotopic (exact) mass is 370 g/mol. The SMILES string of the molecule is CCCC(=O)OC(N)CCCCCCCCCCCCCCCCCN. The molecule has 156 valence electrons. The van der Waals surface area contributed by atoms with Gasteiger partial charge in [0.05, 0.1) is 0 Å². The van der Waals surface area contributed by atoms with Crippen LogP contribution in [0.2, 0.25) is 0 Å². The number of carbonyl (C=O) groups is 1. The lowest BCUT2D eigenvalue weighted by Gasteiger charge is -2.12. The molecular weight excluding hydrogens is 324 g/mol. The zero-order valence-electron chi connectivity index (χ0n) is 17.5. The number of hydrogen-bond acceptors (Lipinski definition) is 4. The van der Waals surface area contributed by atoms with Crippen molar-refractivity contribution in [1.82, 2.24) is 0 Å². The molecule has 0 amide bonds. The van der Waals surface area contributed by atoms with Crippen LogP contribution in [0.3, 0.4) is 0 Å². The minimum absolute atomic E-state index is 0.161. The van der Waals surface area contributed by atoms with Crippen LogP contribution < -0.4 is 11.5 Å². The summed E-state index contributed by atoms with van der Waals surface area (Å²) in [6.07, 6.45) is 21.6. The summed E-state index contributed by atoms with van der Waals surface area (Å²) in [5.41, 5.74) is 11.3. The largest absolute Gasteiger partial charge is 0.447 e. The van der Waals surface area contributed by atoms with Gasteiger partial charge in [-0.25, -0.2) is 0 Å². The zero-order chi connectivity index (χ0) is 19.3. The van der Waals surface area contributed by atoms with Crippen LogP contribution >= 0.6 is 0 Å². The van der Waals surface area contributed by atoms with E-state index < -0.39 is 6.23 Å². The summed E-state index contributed by atoms with van der Waals surface area (Å²) >= 11 is 0. The predicted molar refractivity (Wildman–Crippen MR) is 112 cm³/mol. The Morgan fingerprint density at radius 3 is 1.50 bits per heavy atom. The molecule has 0 aromatic rings. The number of ether oxygens (including phenoxy) is 1. The molecule has 26 heavy (non-hydrogen) atoms. The van der Waals surface area contributed by atoms with Crippen molar-refractivity contribution in [1.29, 1.82) is 0 Å². The van der Waals surface area contributed by atoms with Gasteiger partial charge in [0.15, 0.2) is 6.23 Å².